The molecule has 0 aliphatic carbocycles. The highest BCUT2D eigenvalue weighted by atomic mass is 79.9. The van der Waals surface area contributed by atoms with E-state index < -0.39 is 0 Å². The first-order chi connectivity index (χ1) is 8.76. The Kier molecular flexibility index (Phi) is 3.17. The summed E-state index contributed by atoms with van der Waals surface area (Å²) in [5, 5.41) is 8.85. The van der Waals surface area contributed by atoms with Crippen LogP contribution in [0.3, 0.4) is 0 Å². The number of hydrogen-bond donors (Lipinski definition) is 0. The van der Waals surface area contributed by atoms with Gasteiger partial charge in [-0.25, -0.2) is 0 Å². The molecule has 0 aromatic heterocycles. The van der Waals surface area contributed by atoms with E-state index in [9.17, 15) is 0 Å². The zero-order chi connectivity index (χ0) is 12.5. The van der Waals surface area contributed by atoms with E-state index >= 15 is 0 Å². The summed E-state index contributed by atoms with van der Waals surface area (Å²) in [4.78, 5) is 1.84. The third-order valence-electron chi connectivity index (χ3n) is 3.93. The summed E-state index contributed by atoms with van der Waals surface area (Å²) in [6.07, 6.45) is 5.66. The van der Waals surface area contributed by atoms with Crippen molar-refractivity contribution in [2.75, 3.05) is 13.1 Å². The van der Waals surface area contributed by atoms with Crippen molar-refractivity contribution in [3.05, 3.63) is 28.2 Å². The summed E-state index contributed by atoms with van der Waals surface area (Å²) in [5.74, 6) is 1.62. The van der Waals surface area contributed by atoms with E-state index in [1.54, 1.807) is 0 Å². The molecule has 0 N–H and O–H groups in total. The molecule has 1 fully saturated rings. The number of benzene rings is 1. The lowest BCUT2D eigenvalue weighted by molar-refractivity contribution is 0.110. The minimum atomic E-state index is 0.301. The van der Waals surface area contributed by atoms with Crippen LogP contribution in [0, 0.1) is 17.4 Å². The van der Waals surface area contributed by atoms with E-state index in [1.807, 2.05) is 17.0 Å². The average molecular weight is 307 g/mol. The molecule has 3 rings (SSSR count). The Balaban J connectivity index is 1.66. The Labute approximate surface area is 115 Å². The smallest absolute Gasteiger partial charge is 0.179 e. The summed E-state index contributed by atoms with van der Waals surface area (Å²) >= 11 is 3.50. The van der Waals surface area contributed by atoms with Crippen LogP contribution in [0.25, 0.3) is 0 Å². The second-order valence-electron chi connectivity index (χ2n) is 5.04. The van der Waals surface area contributed by atoms with Crippen LogP contribution in [0.5, 0.6) is 5.75 Å². The largest absolute Gasteiger partial charge is 0.490 e. The molecule has 0 bridgehead atoms. The quantitative estimate of drug-likeness (QED) is 0.749. The fourth-order valence-corrected chi connectivity index (χ4v) is 3.29. The lowest BCUT2D eigenvalue weighted by Gasteiger charge is -2.31. The van der Waals surface area contributed by atoms with Gasteiger partial charge in [-0.15, -0.1) is 0 Å². The zero-order valence-electron chi connectivity index (χ0n) is 10.1. The standard InChI is InChI=1S/C14H15BrN2O/c15-12-1-2-13-11(7-12)8-14(18-13)10-3-5-17(9-16)6-4-10/h1-2,7,10,14H,3-6,8H2. The predicted molar refractivity (Wildman–Crippen MR) is 72.2 cm³/mol. The van der Waals surface area contributed by atoms with Gasteiger partial charge in [0.25, 0.3) is 0 Å². The van der Waals surface area contributed by atoms with Gasteiger partial charge in [-0.05, 0) is 42.5 Å². The number of fused-ring (bicyclic) bond motifs is 1. The van der Waals surface area contributed by atoms with Crippen molar-refractivity contribution < 1.29 is 4.74 Å². The molecule has 94 valence electrons. The Morgan fingerprint density at radius 3 is 2.83 bits per heavy atom. The van der Waals surface area contributed by atoms with Gasteiger partial charge in [0, 0.05) is 24.0 Å². The molecule has 1 aromatic carbocycles. The summed E-state index contributed by atoms with van der Waals surface area (Å²) in [6, 6.07) is 6.23. The second-order valence-corrected chi connectivity index (χ2v) is 5.95. The van der Waals surface area contributed by atoms with Gasteiger partial charge in [-0.1, -0.05) is 15.9 Å². The maximum atomic E-state index is 8.85. The third-order valence-corrected chi connectivity index (χ3v) is 4.42. The number of nitrogens with zero attached hydrogens (tertiary/aromatic N) is 2. The Bertz CT molecular complexity index is 489. The van der Waals surface area contributed by atoms with Crippen molar-refractivity contribution in [2.45, 2.75) is 25.4 Å². The number of piperidine rings is 1. The Hall–Kier alpha value is -1.21. The van der Waals surface area contributed by atoms with Gasteiger partial charge in [0.1, 0.15) is 11.9 Å². The maximum Gasteiger partial charge on any atom is 0.179 e. The van der Waals surface area contributed by atoms with E-state index in [1.165, 1.54) is 5.56 Å². The Morgan fingerprint density at radius 2 is 2.11 bits per heavy atom. The van der Waals surface area contributed by atoms with E-state index in [4.69, 9.17) is 10.00 Å². The maximum absolute atomic E-state index is 8.85. The molecule has 2 aliphatic rings. The van der Waals surface area contributed by atoms with Gasteiger partial charge >= 0.3 is 0 Å². The lowest BCUT2D eigenvalue weighted by Crippen LogP contribution is -2.36. The van der Waals surface area contributed by atoms with Gasteiger partial charge in [0.15, 0.2) is 6.19 Å². The fourth-order valence-electron chi connectivity index (χ4n) is 2.88. The van der Waals surface area contributed by atoms with Crippen molar-refractivity contribution in [3.63, 3.8) is 0 Å². The van der Waals surface area contributed by atoms with E-state index in [0.29, 0.717) is 12.0 Å². The molecule has 0 amide bonds. The van der Waals surface area contributed by atoms with Gasteiger partial charge in [0.05, 0.1) is 0 Å². The molecule has 0 saturated carbocycles. The first-order valence-electron chi connectivity index (χ1n) is 6.36. The summed E-state index contributed by atoms with van der Waals surface area (Å²) < 4.78 is 7.16. The van der Waals surface area contributed by atoms with Gasteiger partial charge in [0.2, 0.25) is 0 Å². The number of likely N-dealkylation sites (tertiary alicyclic amines) is 1. The number of ether oxygens (including phenoxy) is 1. The molecular weight excluding hydrogens is 292 g/mol. The molecule has 0 radical (unpaired) electrons. The molecule has 2 heterocycles. The highest BCUT2D eigenvalue weighted by Crippen LogP contribution is 2.36. The van der Waals surface area contributed by atoms with Crippen LogP contribution in [0.4, 0.5) is 0 Å². The van der Waals surface area contributed by atoms with Gasteiger partial charge in [-0.3, -0.25) is 0 Å². The fraction of sp³-hybridized carbons (Fsp3) is 0.500. The number of hydrogen-bond acceptors (Lipinski definition) is 3. The molecule has 1 aromatic rings. The highest BCUT2D eigenvalue weighted by molar-refractivity contribution is 9.10. The van der Waals surface area contributed by atoms with E-state index in [-0.39, 0.29) is 0 Å². The van der Waals surface area contributed by atoms with Crippen LogP contribution >= 0.6 is 15.9 Å². The van der Waals surface area contributed by atoms with Crippen molar-refractivity contribution >= 4 is 15.9 Å². The molecule has 1 unspecified atom stereocenters. The monoisotopic (exact) mass is 306 g/mol. The van der Waals surface area contributed by atoms with Crippen molar-refractivity contribution in [1.29, 1.82) is 5.26 Å². The van der Waals surface area contributed by atoms with Crippen LogP contribution in [0.2, 0.25) is 0 Å². The predicted octanol–water partition coefficient (Wildman–Crippen LogP) is 2.95. The number of halogens is 1. The minimum absolute atomic E-state index is 0.301. The summed E-state index contributed by atoms with van der Waals surface area (Å²) in [5.41, 5.74) is 1.30. The third kappa shape index (κ3) is 2.20. The highest BCUT2D eigenvalue weighted by Gasteiger charge is 2.32. The number of nitriles is 1. The number of rotatable bonds is 1. The van der Waals surface area contributed by atoms with Crippen molar-refractivity contribution in [3.8, 4) is 11.9 Å². The van der Waals surface area contributed by atoms with Gasteiger partial charge < -0.3 is 9.64 Å². The molecule has 1 saturated heterocycles. The second kappa shape index (κ2) is 4.81. The Morgan fingerprint density at radius 1 is 1.33 bits per heavy atom. The minimum Gasteiger partial charge on any atom is -0.490 e. The van der Waals surface area contributed by atoms with E-state index in [0.717, 1.165) is 42.6 Å². The van der Waals surface area contributed by atoms with E-state index in [2.05, 4.69) is 28.2 Å². The van der Waals surface area contributed by atoms with Crippen LogP contribution in [0.15, 0.2) is 22.7 Å². The molecule has 1 atom stereocenters. The molecule has 4 heteroatoms. The zero-order valence-corrected chi connectivity index (χ0v) is 11.7. The average Bonchev–Trinajstić information content (AvgIpc) is 2.81. The van der Waals surface area contributed by atoms with Crippen molar-refractivity contribution in [2.24, 2.45) is 5.92 Å². The van der Waals surface area contributed by atoms with Gasteiger partial charge in [-0.2, -0.15) is 5.26 Å². The first kappa shape index (κ1) is 11.9. The SMILES string of the molecule is N#CN1CCC(C2Cc3cc(Br)ccc3O2)CC1. The van der Waals surface area contributed by atoms with Crippen LogP contribution in [-0.4, -0.2) is 24.1 Å². The lowest BCUT2D eigenvalue weighted by atomic mass is 9.89. The molecule has 2 aliphatic heterocycles. The van der Waals surface area contributed by atoms with Crippen LogP contribution in [-0.2, 0) is 6.42 Å². The summed E-state index contributed by atoms with van der Waals surface area (Å²) in [7, 11) is 0. The van der Waals surface area contributed by atoms with Crippen LogP contribution in [0.1, 0.15) is 18.4 Å². The van der Waals surface area contributed by atoms with Crippen LogP contribution < -0.4 is 4.74 Å². The summed E-state index contributed by atoms with van der Waals surface area (Å²) in [6.45, 7) is 1.75. The molecule has 18 heavy (non-hydrogen) atoms. The molecule has 0 spiro atoms. The molecular formula is C14H15BrN2O. The molecule has 3 nitrogen and oxygen atoms in total. The topological polar surface area (TPSA) is 36.3 Å². The normalized spacial score (nSPS) is 23.3. The first-order valence-corrected chi connectivity index (χ1v) is 7.15. The van der Waals surface area contributed by atoms with Crippen molar-refractivity contribution in [1.82, 2.24) is 4.90 Å².